The van der Waals surface area contributed by atoms with Crippen molar-refractivity contribution in [2.45, 2.75) is 37.4 Å². The van der Waals surface area contributed by atoms with Crippen LogP contribution in [0, 0.1) is 6.92 Å². The zero-order valence-electron chi connectivity index (χ0n) is 9.92. The van der Waals surface area contributed by atoms with Crippen molar-refractivity contribution in [3.63, 3.8) is 0 Å². The lowest BCUT2D eigenvalue weighted by Gasteiger charge is -2.10. The molecule has 0 N–H and O–H groups in total. The molecule has 4 nitrogen and oxygen atoms in total. The van der Waals surface area contributed by atoms with Crippen LogP contribution < -0.4 is 0 Å². The van der Waals surface area contributed by atoms with Crippen molar-refractivity contribution in [3.8, 4) is 0 Å². The third-order valence-electron chi connectivity index (χ3n) is 2.73. The maximum absolute atomic E-state index is 11.9. The minimum Gasteiger partial charge on any atom is -0.376 e. The van der Waals surface area contributed by atoms with Gasteiger partial charge in [-0.3, -0.25) is 4.18 Å². The monoisotopic (exact) mass is 256 g/mol. The number of aryl methyl sites for hydroxylation is 1. The van der Waals surface area contributed by atoms with Gasteiger partial charge in [0.1, 0.15) is 6.10 Å². The molecule has 1 saturated heterocycles. The van der Waals surface area contributed by atoms with Gasteiger partial charge in [-0.1, -0.05) is 17.7 Å². The lowest BCUT2D eigenvalue weighted by atomic mass is 10.2. The molecule has 0 spiro atoms. The van der Waals surface area contributed by atoms with E-state index in [1.54, 1.807) is 24.3 Å². The third-order valence-corrected chi connectivity index (χ3v) is 4.11. The summed E-state index contributed by atoms with van der Waals surface area (Å²) in [6.45, 7) is 4.15. The van der Waals surface area contributed by atoms with Crippen LogP contribution in [0.3, 0.4) is 0 Å². The van der Waals surface area contributed by atoms with Crippen molar-refractivity contribution in [3.05, 3.63) is 29.8 Å². The molecule has 17 heavy (non-hydrogen) atoms. The predicted octanol–water partition coefficient (Wildman–Crippen LogP) is 1.88. The molecule has 0 bridgehead atoms. The molecule has 0 saturated carbocycles. The van der Waals surface area contributed by atoms with Crippen LogP contribution in [0.2, 0.25) is 0 Å². The van der Waals surface area contributed by atoms with Gasteiger partial charge in [0.25, 0.3) is 10.1 Å². The minimum atomic E-state index is -3.66. The van der Waals surface area contributed by atoms with Crippen molar-refractivity contribution in [1.82, 2.24) is 0 Å². The van der Waals surface area contributed by atoms with E-state index in [2.05, 4.69) is 0 Å². The average Bonchev–Trinajstić information content (AvgIpc) is 2.63. The number of hydrogen-bond donors (Lipinski definition) is 0. The Labute approximate surface area is 102 Å². The Hall–Kier alpha value is -0.910. The molecule has 5 heteroatoms. The maximum atomic E-state index is 11.9. The van der Waals surface area contributed by atoms with Crippen LogP contribution in [-0.2, 0) is 19.0 Å². The highest BCUT2D eigenvalue weighted by molar-refractivity contribution is 7.86. The van der Waals surface area contributed by atoms with Gasteiger partial charge in [0.2, 0.25) is 0 Å². The molecular weight excluding hydrogens is 240 g/mol. The molecule has 1 fully saturated rings. The fourth-order valence-electron chi connectivity index (χ4n) is 1.78. The SMILES string of the molecule is Cc1ccc(S(=O)(=O)OC2COC(C)C2)cc1. The van der Waals surface area contributed by atoms with Gasteiger partial charge in [0.15, 0.2) is 0 Å². The molecule has 0 amide bonds. The normalized spacial score (nSPS) is 25.1. The van der Waals surface area contributed by atoms with E-state index in [1.807, 2.05) is 13.8 Å². The summed E-state index contributed by atoms with van der Waals surface area (Å²) in [5.74, 6) is 0. The lowest BCUT2D eigenvalue weighted by molar-refractivity contribution is 0.105. The van der Waals surface area contributed by atoms with E-state index in [-0.39, 0.29) is 17.1 Å². The Morgan fingerprint density at radius 1 is 1.29 bits per heavy atom. The number of rotatable bonds is 3. The quantitative estimate of drug-likeness (QED) is 0.775. The van der Waals surface area contributed by atoms with Crippen molar-refractivity contribution in [2.24, 2.45) is 0 Å². The molecule has 2 rings (SSSR count). The minimum absolute atomic E-state index is 0.0632. The van der Waals surface area contributed by atoms with Gasteiger partial charge in [0.05, 0.1) is 17.6 Å². The van der Waals surface area contributed by atoms with E-state index in [0.717, 1.165) is 5.56 Å². The molecule has 1 aliphatic rings. The van der Waals surface area contributed by atoms with Crippen LogP contribution in [0.15, 0.2) is 29.2 Å². The van der Waals surface area contributed by atoms with Gasteiger partial charge in [-0.2, -0.15) is 8.42 Å². The van der Waals surface area contributed by atoms with Gasteiger partial charge >= 0.3 is 0 Å². The van der Waals surface area contributed by atoms with Gasteiger partial charge in [-0.15, -0.1) is 0 Å². The molecule has 1 heterocycles. The highest BCUT2D eigenvalue weighted by Gasteiger charge is 2.28. The van der Waals surface area contributed by atoms with E-state index < -0.39 is 10.1 Å². The zero-order chi connectivity index (χ0) is 12.5. The van der Waals surface area contributed by atoms with Gasteiger partial charge < -0.3 is 4.74 Å². The van der Waals surface area contributed by atoms with E-state index >= 15 is 0 Å². The summed E-state index contributed by atoms with van der Waals surface area (Å²) in [6.07, 6.45) is 0.315. The van der Waals surface area contributed by atoms with Crippen molar-refractivity contribution >= 4 is 10.1 Å². The van der Waals surface area contributed by atoms with E-state index in [0.29, 0.717) is 13.0 Å². The maximum Gasteiger partial charge on any atom is 0.297 e. The molecule has 1 aromatic carbocycles. The Morgan fingerprint density at radius 3 is 2.47 bits per heavy atom. The number of hydrogen-bond acceptors (Lipinski definition) is 4. The van der Waals surface area contributed by atoms with Gasteiger partial charge in [0, 0.05) is 6.42 Å². The average molecular weight is 256 g/mol. The summed E-state index contributed by atoms with van der Waals surface area (Å²) in [6, 6.07) is 6.63. The standard InChI is InChI=1S/C12H16O4S/c1-9-3-5-12(6-4-9)17(13,14)16-11-7-10(2)15-8-11/h3-6,10-11H,7-8H2,1-2H3. The highest BCUT2D eigenvalue weighted by Crippen LogP contribution is 2.21. The summed E-state index contributed by atoms with van der Waals surface area (Å²) >= 11 is 0. The first kappa shape index (κ1) is 12.5. The van der Waals surface area contributed by atoms with Crippen molar-refractivity contribution in [1.29, 1.82) is 0 Å². The molecule has 0 aliphatic carbocycles. The van der Waals surface area contributed by atoms with Crippen LogP contribution in [0.1, 0.15) is 18.9 Å². The summed E-state index contributed by atoms with van der Waals surface area (Å²) in [5, 5.41) is 0. The van der Waals surface area contributed by atoms with E-state index in [4.69, 9.17) is 8.92 Å². The number of benzene rings is 1. The Bertz CT molecular complexity index is 478. The van der Waals surface area contributed by atoms with Crippen LogP contribution in [0.5, 0.6) is 0 Å². The first-order chi connectivity index (χ1) is 7.97. The summed E-state index contributed by atoms with van der Waals surface area (Å²) in [4.78, 5) is 0.197. The number of ether oxygens (including phenoxy) is 1. The Kier molecular flexibility index (Phi) is 3.51. The largest absolute Gasteiger partial charge is 0.376 e. The molecule has 0 radical (unpaired) electrons. The van der Waals surface area contributed by atoms with Crippen molar-refractivity contribution < 1.29 is 17.3 Å². The van der Waals surface area contributed by atoms with Gasteiger partial charge in [-0.25, -0.2) is 0 Å². The first-order valence-electron chi connectivity index (χ1n) is 5.59. The van der Waals surface area contributed by atoms with Crippen LogP contribution in [0.4, 0.5) is 0 Å². The lowest BCUT2D eigenvalue weighted by Crippen LogP contribution is -2.18. The predicted molar refractivity (Wildman–Crippen MR) is 63.3 cm³/mol. The van der Waals surface area contributed by atoms with Crippen molar-refractivity contribution in [2.75, 3.05) is 6.61 Å². The third kappa shape index (κ3) is 3.06. The van der Waals surface area contributed by atoms with E-state index in [9.17, 15) is 8.42 Å². The fourth-order valence-corrected chi connectivity index (χ4v) is 2.86. The molecular formula is C12H16O4S. The van der Waals surface area contributed by atoms with Crippen LogP contribution in [-0.4, -0.2) is 27.2 Å². The molecule has 2 atom stereocenters. The second-order valence-electron chi connectivity index (χ2n) is 4.37. The van der Waals surface area contributed by atoms with Crippen LogP contribution in [0.25, 0.3) is 0 Å². The summed E-state index contributed by atoms with van der Waals surface area (Å²) < 4.78 is 34.3. The first-order valence-corrected chi connectivity index (χ1v) is 7.00. The molecule has 1 aliphatic heterocycles. The fraction of sp³-hybridized carbons (Fsp3) is 0.500. The van der Waals surface area contributed by atoms with E-state index in [1.165, 1.54) is 0 Å². The Morgan fingerprint density at radius 2 is 1.94 bits per heavy atom. The molecule has 0 aromatic heterocycles. The molecule has 2 unspecified atom stereocenters. The van der Waals surface area contributed by atoms with Gasteiger partial charge in [-0.05, 0) is 26.0 Å². The second-order valence-corrected chi connectivity index (χ2v) is 5.94. The summed E-state index contributed by atoms with van der Waals surface area (Å²) in [5.41, 5.74) is 1.02. The Balaban J connectivity index is 2.11. The van der Waals surface area contributed by atoms with Crippen LogP contribution >= 0.6 is 0 Å². The second kappa shape index (κ2) is 4.76. The molecule has 94 valence electrons. The molecule has 1 aromatic rings. The zero-order valence-corrected chi connectivity index (χ0v) is 10.7. The highest BCUT2D eigenvalue weighted by atomic mass is 32.2. The smallest absolute Gasteiger partial charge is 0.297 e. The topological polar surface area (TPSA) is 52.6 Å². The summed E-state index contributed by atoms with van der Waals surface area (Å²) in [7, 11) is -3.66.